The van der Waals surface area contributed by atoms with Crippen LogP contribution < -0.4 is 10.1 Å². The van der Waals surface area contributed by atoms with E-state index in [1.807, 2.05) is 70.1 Å². The molecule has 7 nitrogen and oxygen atoms in total. The number of para-hydroxylation sites is 1. The van der Waals surface area contributed by atoms with E-state index in [-0.39, 0.29) is 24.4 Å². The van der Waals surface area contributed by atoms with E-state index in [4.69, 9.17) is 4.74 Å². The number of hydrogen-bond acceptors (Lipinski definition) is 4. The van der Waals surface area contributed by atoms with Gasteiger partial charge in [-0.3, -0.25) is 14.5 Å². The van der Waals surface area contributed by atoms with Gasteiger partial charge in [0.1, 0.15) is 18.3 Å². The van der Waals surface area contributed by atoms with Crippen molar-refractivity contribution in [3.8, 4) is 5.75 Å². The molecular formula is C26H30N4O3. The molecule has 1 N–H and O–H groups in total. The maximum absolute atomic E-state index is 13.0. The minimum absolute atomic E-state index is 0.0388. The smallest absolute Gasteiger partial charge is 0.242 e. The molecule has 3 aromatic rings. The molecule has 2 aromatic carbocycles. The van der Waals surface area contributed by atoms with Gasteiger partial charge in [0.25, 0.3) is 0 Å². The van der Waals surface area contributed by atoms with Crippen molar-refractivity contribution >= 4 is 22.7 Å². The van der Waals surface area contributed by atoms with Crippen LogP contribution in [0.25, 0.3) is 10.9 Å². The average molecular weight is 447 g/mol. The maximum Gasteiger partial charge on any atom is 0.242 e. The molecule has 0 aliphatic carbocycles. The minimum Gasteiger partial charge on any atom is -0.493 e. The monoisotopic (exact) mass is 446 g/mol. The van der Waals surface area contributed by atoms with Gasteiger partial charge in [-0.1, -0.05) is 30.3 Å². The highest BCUT2D eigenvalue weighted by molar-refractivity contribution is 5.85. The third-order valence-electron chi connectivity index (χ3n) is 6.73. The molecule has 5 rings (SSSR count). The van der Waals surface area contributed by atoms with E-state index < -0.39 is 0 Å². The van der Waals surface area contributed by atoms with Gasteiger partial charge >= 0.3 is 0 Å². The quantitative estimate of drug-likeness (QED) is 0.654. The second-order valence-corrected chi connectivity index (χ2v) is 8.95. The number of aromatic nitrogens is 1. The third kappa shape index (κ3) is 4.59. The van der Waals surface area contributed by atoms with Gasteiger partial charge in [-0.15, -0.1) is 0 Å². The molecule has 0 saturated carbocycles. The predicted octanol–water partition coefficient (Wildman–Crippen LogP) is 2.43. The number of likely N-dealkylation sites (N-methyl/N-ethyl adjacent to an activating group) is 1. The van der Waals surface area contributed by atoms with Crippen molar-refractivity contribution in [3.05, 3.63) is 65.9 Å². The summed E-state index contributed by atoms with van der Waals surface area (Å²) < 4.78 is 7.65. The van der Waals surface area contributed by atoms with Crippen molar-refractivity contribution < 1.29 is 14.3 Å². The maximum atomic E-state index is 13.0. The molecule has 1 atom stereocenters. The molecule has 2 amide bonds. The van der Waals surface area contributed by atoms with Gasteiger partial charge in [0.2, 0.25) is 11.8 Å². The van der Waals surface area contributed by atoms with Crippen molar-refractivity contribution in [2.24, 2.45) is 0 Å². The molecule has 0 radical (unpaired) electrons. The van der Waals surface area contributed by atoms with Gasteiger partial charge < -0.3 is 19.5 Å². The zero-order valence-electron chi connectivity index (χ0n) is 19.0. The molecule has 172 valence electrons. The van der Waals surface area contributed by atoms with Crippen LogP contribution in [-0.2, 0) is 29.1 Å². The normalized spacial score (nSPS) is 18.6. The average Bonchev–Trinajstić information content (AvgIpc) is 3.25. The molecular weight excluding hydrogens is 416 g/mol. The highest BCUT2D eigenvalue weighted by atomic mass is 16.5. The molecule has 2 aliphatic heterocycles. The molecule has 1 fully saturated rings. The number of aryl methyl sites for hydroxylation is 1. The summed E-state index contributed by atoms with van der Waals surface area (Å²) in [4.78, 5) is 29.9. The lowest BCUT2D eigenvalue weighted by atomic mass is 10.0. The van der Waals surface area contributed by atoms with Crippen LogP contribution >= 0.6 is 0 Å². The molecule has 0 unspecified atom stereocenters. The first-order chi connectivity index (χ1) is 16.1. The van der Waals surface area contributed by atoms with Crippen molar-refractivity contribution in [1.82, 2.24) is 19.7 Å². The third-order valence-corrected chi connectivity index (χ3v) is 6.73. The van der Waals surface area contributed by atoms with E-state index in [1.165, 1.54) is 5.56 Å². The Labute approximate surface area is 193 Å². The fraction of sp³-hybridized carbons (Fsp3) is 0.385. The zero-order chi connectivity index (χ0) is 22.8. The minimum atomic E-state index is -0.356. The first-order valence-corrected chi connectivity index (χ1v) is 11.6. The van der Waals surface area contributed by atoms with E-state index in [9.17, 15) is 9.59 Å². The second-order valence-electron chi connectivity index (χ2n) is 8.95. The van der Waals surface area contributed by atoms with Gasteiger partial charge in [-0.05, 0) is 54.6 Å². The number of ether oxygens (including phenoxy) is 1. The molecule has 2 aliphatic rings. The van der Waals surface area contributed by atoms with Crippen LogP contribution in [0.15, 0.2) is 54.7 Å². The fourth-order valence-electron chi connectivity index (χ4n) is 4.74. The number of benzene rings is 2. The summed E-state index contributed by atoms with van der Waals surface area (Å²) in [6.45, 7) is 3.23. The lowest BCUT2D eigenvalue weighted by molar-refractivity contribution is -0.138. The Bertz CT molecular complexity index is 1170. The topological polar surface area (TPSA) is 66.8 Å². The number of nitrogens with zero attached hydrogens (tertiary/aromatic N) is 3. The van der Waals surface area contributed by atoms with E-state index in [2.05, 4.69) is 11.4 Å². The van der Waals surface area contributed by atoms with E-state index in [0.29, 0.717) is 26.2 Å². The molecule has 1 saturated heterocycles. The first-order valence-electron chi connectivity index (χ1n) is 11.6. The van der Waals surface area contributed by atoms with E-state index in [1.54, 1.807) is 0 Å². The molecule has 0 bridgehead atoms. The number of carbonyl (C=O) groups excluding carboxylic acids is 2. The number of fused-ring (bicyclic) bond motifs is 2. The van der Waals surface area contributed by atoms with Crippen LogP contribution in [-0.4, -0.2) is 65.5 Å². The van der Waals surface area contributed by atoms with Crippen LogP contribution in [0.1, 0.15) is 17.5 Å². The SMILES string of the molecule is CN1CCN(C(=O)Cn2ccc3ccccc32)C[C@@H]1C(=O)NCc1ccc2c(c1)CCCO2. The summed E-state index contributed by atoms with van der Waals surface area (Å²) in [5, 5.41) is 4.19. The summed E-state index contributed by atoms with van der Waals surface area (Å²) in [6.07, 6.45) is 3.99. The lowest BCUT2D eigenvalue weighted by Crippen LogP contribution is -2.59. The largest absolute Gasteiger partial charge is 0.493 e. The van der Waals surface area contributed by atoms with Crippen LogP contribution in [0.2, 0.25) is 0 Å². The van der Waals surface area contributed by atoms with Gasteiger partial charge in [0, 0.05) is 37.9 Å². The Hall–Kier alpha value is -3.32. The predicted molar refractivity (Wildman–Crippen MR) is 127 cm³/mol. The summed E-state index contributed by atoms with van der Waals surface area (Å²) in [7, 11) is 1.95. The lowest BCUT2D eigenvalue weighted by Gasteiger charge is -2.38. The Kier molecular flexibility index (Phi) is 6.05. The van der Waals surface area contributed by atoms with Crippen molar-refractivity contribution in [2.45, 2.75) is 32.0 Å². The summed E-state index contributed by atoms with van der Waals surface area (Å²) >= 11 is 0. The van der Waals surface area contributed by atoms with Gasteiger partial charge in [0.05, 0.1) is 6.61 Å². The number of rotatable bonds is 5. The number of carbonyl (C=O) groups is 2. The van der Waals surface area contributed by atoms with Crippen LogP contribution in [0.5, 0.6) is 5.75 Å². The van der Waals surface area contributed by atoms with Crippen molar-refractivity contribution in [1.29, 1.82) is 0 Å². The molecule has 0 spiro atoms. The number of amides is 2. The first kappa shape index (κ1) is 21.5. The van der Waals surface area contributed by atoms with Crippen LogP contribution in [0.3, 0.4) is 0 Å². The molecule has 1 aromatic heterocycles. The zero-order valence-corrected chi connectivity index (χ0v) is 19.0. The number of nitrogens with one attached hydrogen (secondary N) is 1. The Morgan fingerprint density at radius 2 is 2.00 bits per heavy atom. The molecule has 3 heterocycles. The summed E-state index contributed by atoms with van der Waals surface area (Å²) in [6, 6.07) is 15.8. The van der Waals surface area contributed by atoms with Gasteiger partial charge in [0.15, 0.2) is 0 Å². The van der Waals surface area contributed by atoms with Gasteiger partial charge in [-0.25, -0.2) is 0 Å². The Morgan fingerprint density at radius 3 is 2.91 bits per heavy atom. The van der Waals surface area contributed by atoms with Crippen LogP contribution in [0, 0.1) is 0 Å². The standard InChI is InChI=1S/C26H30N4O3/c1-28-12-13-30(25(31)18-29-11-10-20-5-2-3-7-22(20)29)17-23(28)26(32)27-16-19-8-9-24-21(15-19)6-4-14-33-24/h2-3,5,7-11,15,23H,4,6,12-14,16-18H2,1H3,(H,27,32)/t23-/m1/s1. The Morgan fingerprint density at radius 1 is 1.12 bits per heavy atom. The second kappa shape index (κ2) is 9.27. The van der Waals surface area contributed by atoms with E-state index in [0.717, 1.165) is 41.7 Å². The molecule has 7 heteroatoms. The Balaban J connectivity index is 1.20. The highest BCUT2D eigenvalue weighted by Gasteiger charge is 2.32. The number of piperazine rings is 1. The summed E-state index contributed by atoms with van der Waals surface area (Å²) in [5.41, 5.74) is 3.32. The van der Waals surface area contributed by atoms with Gasteiger partial charge in [-0.2, -0.15) is 0 Å². The molecule has 33 heavy (non-hydrogen) atoms. The van der Waals surface area contributed by atoms with Crippen LogP contribution in [0.4, 0.5) is 0 Å². The van der Waals surface area contributed by atoms with E-state index >= 15 is 0 Å². The highest BCUT2D eigenvalue weighted by Crippen LogP contribution is 2.25. The number of hydrogen-bond donors (Lipinski definition) is 1. The van der Waals surface area contributed by atoms with Crippen molar-refractivity contribution in [3.63, 3.8) is 0 Å². The van der Waals surface area contributed by atoms with Crippen molar-refractivity contribution in [2.75, 3.05) is 33.3 Å². The fourth-order valence-corrected chi connectivity index (χ4v) is 4.74. The summed E-state index contributed by atoms with van der Waals surface area (Å²) in [5.74, 6) is 0.945.